The second-order valence-electron chi connectivity index (χ2n) is 4.55. The van der Waals surface area contributed by atoms with Crippen LogP contribution in [0.25, 0.3) is 0 Å². The zero-order valence-corrected chi connectivity index (χ0v) is 12.0. The molecule has 1 nitrogen and oxygen atoms in total. The molecule has 1 saturated heterocycles. The average molecular weight is 286 g/mol. The second kappa shape index (κ2) is 5.85. The summed E-state index contributed by atoms with van der Waals surface area (Å²) in [5.41, 5.74) is 2.09. The Balaban J connectivity index is 1.86. The van der Waals surface area contributed by atoms with E-state index in [2.05, 4.69) is 12.1 Å². The van der Waals surface area contributed by atoms with Gasteiger partial charge in [0.05, 0.1) is 5.25 Å². The fraction of sp³-hybridized carbons (Fsp3) is 0.188. The van der Waals surface area contributed by atoms with Crippen LogP contribution >= 0.6 is 21.6 Å². The van der Waals surface area contributed by atoms with Crippen LogP contribution in [0, 0.1) is 5.92 Å². The highest BCUT2D eigenvalue weighted by Gasteiger charge is 2.35. The van der Waals surface area contributed by atoms with Gasteiger partial charge < -0.3 is 0 Å². The number of Topliss-reactive ketones (excluding diaryl/α,β-unsaturated/α-hetero) is 1. The van der Waals surface area contributed by atoms with Crippen LogP contribution in [0.2, 0.25) is 0 Å². The molecule has 0 radical (unpaired) electrons. The van der Waals surface area contributed by atoms with Crippen molar-refractivity contribution in [2.24, 2.45) is 5.92 Å². The van der Waals surface area contributed by atoms with Crippen LogP contribution < -0.4 is 0 Å². The molecule has 1 aliphatic heterocycles. The molecular formula is C16H14OS2. The van der Waals surface area contributed by atoms with E-state index in [4.69, 9.17) is 0 Å². The maximum Gasteiger partial charge on any atom is 0.168 e. The minimum Gasteiger partial charge on any atom is -0.294 e. The summed E-state index contributed by atoms with van der Waals surface area (Å²) < 4.78 is 0. The van der Waals surface area contributed by atoms with Crippen LogP contribution in [0.15, 0.2) is 60.7 Å². The minimum absolute atomic E-state index is 0.0831. The maximum absolute atomic E-state index is 12.6. The Kier molecular flexibility index (Phi) is 3.95. The van der Waals surface area contributed by atoms with Gasteiger partial charge >= 0.3 is 0 Å². The monoisotopic (exact) mass is 286 g/mol. The normalized spacial score (nSPS) is 22.3. The lowest BCUT2D eigenvalue weighted by atomic mass is 9.92. The SMILES string of the molecule is O=C(c1ccccc1)C1CSSC1c1ccccc1. The van der Waals surface area contributed by atoms with E-state index in [1.165, 1.54) is 5.56 Å². The molecule has 2 aromatic carbocycles. The van der Waals surface area contributed by atoms with Crippen LogP contribution in [0.5, 0.6) is 0 Å². The summed E-state index contributed by atoms with van der Waals surface area (Å²) in [5.74, 6) is 1.25. The Labute approximate surface area is 121 Å². The van der Waals surface area contributed by atoms with Crippen molar-refractivity contribution in [3.63, 3.8) is 0 Å². The molecule has 1 heterocycles. The summed E-state index contributed by atoms with van der Waals surface area (Å²) in [4.78, 5) is 12.6. The molecule has 0 saturated carbocycles. The van der Waals surface area contributed by atoms with Crippen LogP contribution in [0.1, 0.15) is 21.2 Å². The molecule has 0 N–H and O–H groups in total. The Morgan fingerprint density at radius 2 is 1.58 bits per heavy atom. The van der Waals surface area contributed by atoms with E-state index < -0.39 is 0 Å². The Morgan fingerprint density at radius 1 is 0.947 bits per heavy atom. The molecule has 0 amide bonds. The largest absolute Gasteiger partial charge is 0.294 e. The van der Waals surface area contributed by atoms with Crippen molar-refractivity contribution in [1.82, 2.24) is 0 Å². The molecule has 1 fully saturated rings. The molecule has 2 aromatic rings. The summed E-state index contributed by atoms with van der Waals surface area (Å²) in [6, 6.07) is 20.0. The lowest BCUT2D eigenvalue weighted by Crippen LogP contribution is -2.19. The molecule has 96 valence electrons. The summed E-state index contributed by atoms with van der Waals surface area (Å²) in [7, 11) is 3.63. The quantitative estimate of drug-likeness (QED) is 0.605. The van der Waals surface area contributed by atoms with Gasteiger partial charge in [-0.15, -0.1) is 0 Å². The first kappa shape index (κ1) is 12.8. The fourth-order valence-electron chi connectivity index (χ4n) is 2.30. The third-order valence-electron chi connectivity index (χ3n) is 3.31. The van der Waals surface area contributed by atoms with Gasteiger partial charge in [-0.2, -0.15) is 0 Å². The van der Waals surface area contributed by atoms with Crippen LogP contribution in [-0.2, 0) is 0 Å². The van der Waals surface area contributed by atoms with E-state index in [-0.39, 0.29) is 17.0 Å². The highest BCUT2D eigenvalue weighted by Crippen LogP contribution is 2.52. The summed E-state index contributed by atoms with van der Waals surface area (Å²) in [5, 5.41) is 0.277. The van der Waals surface area contributed by atoms with Gasteiger partial charge in [0.2, 0.25) is 0 Å². The van der Waals surface area contributed by atoms with Crippen LogP contribution in [0.3, 0.4) is 0 Å². The van der Waals surface area contributed by atoms with Crippen molar-refractivity contribution in [2.45, 2.75) is 5.25 Å². The maximum atomic E-state index is 12.6. The van der Waals surface area contributed by atoms with Gasteiger partial charge in [-0.25, -0.2) is 0 Å². The topological polar surface area (TPSA) is 17.1 Å². The van der Waals surface area contributed by atoms with Gasteiger partial charge in [-0.05, 0) is 5.56 Å². The first-order chi connectivity index (χ1) is 9.36. The van der Waals surface area contributed by atoms with Crippen molar-refractivity contribution in [3.05, 3.63) is 71.8 Å². The molecule has 3 rings (SSSR count). The van der Waals surface area contributed by atoms with Gasteiger partial charge in [0.1, 0.15) is 0 Å². The van der Waals surface area contributed by atoms with Gasteiger partial charge in [-0.1, -0.05) is 82.3 Å². The molecule has 0 bridgehead atoms. The molecule has 0 spiro atoms. The fourth-order valence-corrected chi connectivity index (χ4v) is 5.61. The smallest absolute Gasteiger partial charge is 0.168 e. The predicted octanol–water partition coefficient (Wildman–Crippen LogP) is 4.62. The summed E-state index contributed by atoms with van der Waals surface area (Å²) in [6.45, 7) is 0. The first-order valence-corrected chi connectivity index (χ1v) is 8.67. The van der Waals surface area contributed by atoms with Crippen LogP contribution in [-0.4, -0.2) is 11.5 Å². The van der Waals surface area contributed by atoms with E-state index >= 15 is 0 Å². The second-order valence-corrected chi connectivity index (χ2v) is 7.10. The molecule has 2 unspecified atom stereocenters. The Morgan fingerprint density at radius 3 is 2.26 bits per heavy atom. The highest BCUT2D eigenvalue weighted by atomic mass is 33.1. The lowest BCUT2D eigenvalue weighted by Gasteiger charge is -2.17. The number of rotatable bonds is 3. The van der Waals surface area contributed by atoms with E-state index in [9.17, 15) is 4.79 Å². The molecule has 1 aliphatic rings. The molecule has 0 aromatic heterocycles. The average Bonchev–Trinajstić information content (AvgIpc) is 2.98. The van der Waals surface area contributed by atoms with Crippen molar-refractivity contribution >= 4 is 27.4 Å². The first-order valence-electron chi connectivity index (χ1n) is 6.29. The highest BCUT2D eigenvalue weighted by molar-refractivity contribution is 8.77. The number of carbonyl (C=O) groups is 1. The molecule has 3 heteroatoms. The van der Waals surface area contributed by atoms with Gasteiger partial charge in [0, 0.05) is 17.2 Å². The van der Waals surface area contributed by atoms with Crippen molar-refractivity contribution in [1.29, 1.82) is 0 Å². The van der Waals surface area contributed by atoms with E-state index in [0.717, 1.165) is 11.3 Å². The summed E-state index contributed by atoms with van der Waals surface area (Å²) >= 11 is 0. The van der Waals surface area contributed by atoms with E-state index in [1.54, 1.807) is 10.8 Å². The zero-order valence-electron chi connectivity index (χ0n) is 10.4. The number of ketones is 1. The van der Waals surface area contributed by atoms with E-state index in [1.807, 2.05) is 59.3 Å². The standard InChI is InChI=1S/C16H14OS2/c17-15(12-7-3-1-4-8-12)14-11-18-19-16(14)13-9-5-2-6-10-13/h1-10,14,16H,11H2. The molecular weight excluding hydrogens is 272 g/mol. The van der Waals surface area contributed by atoms with Crippen molar-refractivity contribution in [3.8, 4) is 0 Å². The Hall–Kier alpha value is -1.19. The molecule has 0 aliphatic carbocycles. The zero-order chi connectivity index (χ0) is 13.1. The lowest BCUT2D eigenvalue weighted by molar-refractivity contribution is 0.0932. The summed E-state index contributed by atoms with van der Waals surface area (Å²) in [6.07, 6.45) is 0. The Bertz CT molecular complexity index is 553. The van der Waals surface area contributed by atoms with Crippen molar-refractivity contribution < 1.29 is 4.79 Å². The molecule has 19 heavy (non-hydrogen) atoms. The number of carbonyl (C=O) groups excluding carboxylic acids is 1. The van der Waals surface area contributed by atoms with Gasteiger partial charge in [0.15, 0.2) is 5.78 Å². The third kappa shape index (κ3) is 2.72. The van der Waals surface area contributed by atoms with Gasteiger partial charge in [-0.3, -0.25) is 4.79 Å². The number of benzene rings is 2. The number of hydrogen-bond acceptors (Lipinski definition) is 3. The van der Waals surface area contributed by atoms with E-state index in [0.29, 0.717) is 0 Å². The van der Waals surface area contributed by atoms with Crippen LogP contribution in [0.4, 0.5) is 0 Å². The van der Waals surface area contributed by atoms with Crippen molar-refractivity contribution in [2.75, 3.05) is 5.75 Å². The minimum atomic E-state index is 0.0831. The number of hydrogen-bond donors (Lipinski definition) is 0. The predicted molar refractivity (Wildman–Crippen MR) is 83.5 cm³/mol. The molecule has 2 atom stereocenters. The van der Waals surface area contributed by atoms with Gasteiger partial charge in [0.25, 0.3) is 0 Å². The third-order valence-corrected chi connectivity index (χ3v) is 6.19.